The summed E-state index contributed by atoms with van der Waals surface area (Å²) in [7, 11) is 0. The Labute approximate surface area is 183 Å². The van der Waals surface area contributed by atoms with Crippen molar-refractivity contribution in [3.63, 3.8) is 0 Å². The maximum Gasteiger partial charge on any atom is 0.338 e. The van der Waals surface area contributed by atoms with E-state index in [9.17, 15) is 4.79 Å². The molecule has 0 spiro atoms. The summed E-state index contributed by atoms with van der Waals surface area (Å²) in [6.45, 7) is 2.89. The smallest absolute Gasteiger partial charge is 0.338 e. The van der Waals surface area contributed by atoms with Crippen molar-refractivity contribution in [2.75, 3.05) is 19.6 Å². The number of hydrogen-bond acceptors (Lipinski definition) is 5. The summed E-state index contributed by atoms with van der Waals surface area (Å²) >= 11 is 0. The van der Waals surface area contributed by atoms with Crippen LogP contribution in [0.25, 0.3) is 0 Å². The van der Waals surface area contributed by atoms with Crippen molar-refractivity contribution in [1.82, 2.24) is 10.4 Å². The van der Waals surface area contributed by atoms with Crippen LogP contribution in [-0.4, -0.2) is 36.6 Å². The molecule has 2 atom stereocenters. The van der Waals surface area contributed by atoms with E-state index in [1.165, 1.54) is 5.56 Å². The Morgan fingerprint density at radius 1 is 0.935 bits per heavy atom. The maximum absolute atomic E-state index is 12.4. The number of nitrogens with one attached hydrogen (secondary N) is 1. The van der Waals surface area contributed by atoms with Crippen molar-refractivity contribution in [2.24, 2.45) is 0 Å². The van der Waals surface area contributed by atoms with Crippen molar-refractivity contribution >= 4 is 5.97 Å². The molecule has 3 aromatic rings. The van der Waals surface area contributed by atoms with Gasteiger partial charge < -0.3 is 4.74 Å². The molecule has 1 saturated heterocycles. The van der Waals surface area contributed by atoms with Crippen LogP contribution in [0, 0.1) is 0 Å². The second kappa shape index (κ2) is 10.9. The number of nitrogens with zero attached hydrogens (tertiary/aromatic N) is 1. The molecule has 2 unspecified atom stereocenters. The number of hydroxylamine groups is 1. The van der Waals surface area contributed by atoms with Gasteiger partial charge in [0.25, 0.3) is 0 Å². The molecule has 160 valence electrons. The molecule has 0 amide bonds. The van der Waals surface area contributed by atoms with E-state index in [2.05, 4.69) is 22.5 Å². The van der Waals surface area contributed by atoms with Crippen molar-refractivity contribution in [2.45, 2.75) is 25.2 Å². The quantitative estimate of drug-likeness (QED) is 0.414. The van der Waals surface area contributed by atoms with Crippen LogP contribution >= 0.6 is 0 Å². The van der Waals surface area contributed by atoms with Crippen LogP contribution in [0.3, 0.4) is 0 Å². The zero-order chi connectivity index (χ0) is 21.3. The third kappa shape index (κ3) is 6.25. The molecular formula is C26H28N2O3. The highest BCUT2D eigenvalue weighted by molar-refractivity contribution is 5.89. The van der Waals surface area contributed by atoms with Gasteiger partial charge in [-0.15, -0.1) is 0 Å². The van der Waals surface area contributed by atoms with Gasteiger partial charge in [-0.25, -0.2) is 4.79 Å². The van der Waals surface area contributed by atoms with E-state index in [4.69, 9.17) is 9.57 Å². The van der Waals surface area contributed by atoms with E-state index in [0.29, 0.717) is 12.2 Å². The molecule has 0 saturated carbocycles. The Morgan fingerprint density at radius 2 is 1.58 bits per heavy atom. The Morgan fingerprint density at radius 3 is 2.29 bits per heavy atom. The molecule has 1 aliphatic rings. The second-order valence-electron chi connectivity index (χ2n) is 7.80. The Hall–Kier alpha value is -2.99. The van der Waals surface area contributed by atoms with Gasteiger partial charge in [-0.3, -0.25) is 9.74 Å². The minimum Gasteiger partial charge on any atom is -0.457 e. The highest BCUT2D eigenvalue weighted by Crippen LogP contribution is 2.20. The first-order valence-corrected chi connectivity index (χ1v) is 10.7. The lowest BCUT2D eigenvalue weighted by atomic mass is 10.1. The molecule has 1 N–H and O–H groups in total. The van der Waals surface area contributed by atoms with Crippen molar-refractivity contribution < 1.29 is 14.4 Å². The van der Waals surface area contributed by atoms with E-state index in [-0.39, 0.29) is 18.1 Å². The highest BCUT2D eigenvalue weighted by Gasteiger charge is 2.28. The lowest BCUT2D eigenvalue weighted by Gasteiger charge is -2.25. The van der Waals surface area contributed by atoms with E-state index < -0.39 is 0 Å². The number of hydrogen-bond donors (Lipinski definition) is 1. The third-order valence-electron chi connectivity index (χ3n) is 5.46. The molecule has 31 heavy (non-hydrogen) atoms. The third-order valence-corrected chi connectivity index (χ3v) is 5.46. The lowest BCUT2D eigenvalue weighted by molar-refractivity contribution is -0.00532. The predicted molar refractivity (Wildman–Crippen MR) is 120 cm³/mol. The van der Waals surface area contributed by atoms with Gasteiger partial charge in [0.15, 0.2) is 0 Å². The summed E-state index contributed by atoms with van der Waals surface area (Å²) in [4.78, 5) is 20.5. The van der Waals surface area contributed by atoms with Gasteiger partial charge in [-0.2, -0.15) is 5.48 Å². The first kappa shape index (κ1) is 21.2. The fourth-order valence-electron chi connectivity index (χ4n) is 3.81. The van der Waals surface area contributed by atoms with E-state index in [1.54, 1.807) is 12.1 Å². The molecule has 5 nitrogen and oxygen atoms in total. The molecule has 3 aromatic carbocycles. The Bertz CT molecular complexity index is 935. The fourth-order valence-corrected chi connectivity index (χ4v) is 3.81. The molecule has 4 rings (SSSR count). The van der Waals surface area contributed by atoms with Gasteiger partial charge in [0, 0.05) is 19.6 Å². The van der Waals surface area contributed by atoms with Gasteiger partial charge in [-0.1, -0.05) is 78.9 Å². The number of benzene rings is 3. The summed E-state index contributed by atoms with van der Waals surface area (Å²) in [6.07, 6.45) is 0.750. The van der Waals surface area contributed by atoms with E-state index >= 15 is 0 Å². The maximum atomic E-state index is 12.4. The zero-order valence-corrected chi connectivity index (χ0v) is 17.5. The normalized spacial score (nSPS) is 17.4. The number of rotatable bonds is 9. The van der Waals surface area contributed by atoms with Crippen LogP contribution in [-0.2, 0) is 16.2 Å². The fraction of sp³-hybridized carbons (Fsp3) is 0.269. The van der Waals surface area contributed by atoms with Crippen LogP contribution in [0.5, 0.6) is 0 Å². The van der Waals surface area contributed by atoms with Crippen LogP contribution < -0.4 is 5.48 Å². The Balaban J connectivity index is 1.32. The van der Waals surface area contributed by atoms with Gasteiger partial charge in [-0.05, 0) is 29.7 Å². The molecule has 1 aliphatic heterocycles. The summed E-state index contributed by atoms with van der Waals surface area (Å²) in [6, 6.07) is 29.6. The van der Waals surface area contributed by atoms with E-state index in [1.807, 2.05) is 66.7 Å². The minimum absolute atomic E-state index is 0.0217. The van der Waals surface area contributed by atoms with Crippen molar-refractivity contribution in [3.05, 3.63) is 108 Å². The molecule has 0 radical (unpaired) electrons. The molecule has 0 aliphatic carbocycles. The SMILES string of the molecule is O=C(OC1CCN(CC(NOCc2ccccc2)c2ccccc2)C1)c1ccccc1. The van der Waals surface area contributed by atoms with Gasteiger partial charge in [0.1, 0.15) is 6.10 Å². The first-order chi connectivity index (χ1) is 15.3. The largest absolute Gasteiger partial charge is 0.457 e. The number of carbonyl (C=O) groups excluding carboxylic acids is 1. The number of ether oxygens (including phenoxy) is 1. The summed E-state index contributed by atoms with van der Waals surface area (Å²) < 4.78 is 5.72. The van der Waals surface area contributed by atoms with Crippen LogP contribution in [0.2, 0.25) is 0 Å². The summed E-state index contributed by atoms with van der Waals surface area (Å²) in [5.74, 6) is -0.253. The average molecular weight is 417 g/mol. The zero-order valence-electron chi connectivity index (χ0n) is 17.5. The monoisotopic (exact) mass is 416 g/mol. The molecule has 1 fully saturated rings. The molecular weight excluding hydrogens is 388 g/mol. The van der Waals surface area contributed by atoms with Gasteiger partial charge in [0.05, 0.1) is 18.2 Å². The first-order valence-electron chi connectivity index (χ1n) is 10.7. The minimum atomic E-state index is -0.253. The number of likely N-dealkylation sites (tertiary alicyclic amines) is 1. The lowest BCUT2D eigenvalue weighted by Crippen LogP contribution is -2.35. The van der Waals surface area contributed by atoms with Gasteiger partial charge >= 0.3 is 5.97 Å². The number of esters is 1. The van der Waals surface area contributed by atoms with Crippen LogP contribution in [0.1, 0.15) is 33.9 Å². The van der Waals surface area contributed by atoms with Crippen molar-refractivity contribution in [1.29, 1.82) is 0 Å². The topological polar surface area (TPSA) is 50.8 Å². The van der Waals surface area contributed by atoms with Crippen LogP contribution in [0.15, 0.2) is 91.0 Å². The average Bonchev–Trinajstić information content (AvgIpc) is 3.27. The number of carbonyl (C=O) groups is 1. The molecule has 0 aromatic heterocycles. The van der Waals surface area contributed by atoms with E-state index in [0.717, 1.165) is 31.6 Å². The molecule has 0 bridgehead atoms. The summed E-state index contributed by atoms with van der Waals surface area (Å²) in [5.41, 5.74) is 6.13. The second-order valence-corrected chi connectivity index (χ2v) is 7.80. The molecule has 5 heteroatoms. The van der Waals surface area contributed by atoms with Gasteiger partial charge in [0.2, 0.25) is 0 Å². The highest BCUT2D eigenvalue weighted by atomic mass is 16.6. The Kier molecular flexibility index (Phi) is 7.45. The predicted octanol–water partition coefficient (Wildman–Crippen LogP) is 4.38. The van der Waals surface area contributed by atoms with Crippen LogP contribution in [0.4, 0.5) is 0 Å². The van der Waals surface area contributed by atoms with Crippen molar-refractivity contribution in [3.8, 4) is 0 Å². The summed E-state index contributed by atoms with van der Waals surface area (Å²) in [5, 5.41) is 0. The standard InChI is InChI=1S/C26H28N2O3/c29-26(23-14-8-3-9-15-23)31-24-16-17-28(18-24)19-25(22-12-6-2-7-13-22)27-30-20-21-10-4-1-5-11-21/h1-15,24-25,27H,16-20H2. The molecule has 1 heterocycles.